The van der Waals surface area contributed by atoms with E-state index in [1.54, 1.807) is 0 Å². The van der Waals surface area contributed by atoms with Gasteiger partial charge in [-0.25, -0.2) is 8.78 Å². The van der Waals surface area contributed by atoms with Gasteiger partial charge in [-0.1, -0.05) is 12.5 Å². The number of rotatable bonds is 2. The summed E-state index contributed by atoms with van der Waals surface area (Å²) in [5.41, 5.74) is 0.471. The highest BCUT2D eigenvalue weighted by Crippen LogP contribution is 2.10. The summed E-state index contributed by atoms with van der Waals surface area (Å²) in [5.74, 6) is -0.115. The summed E-state index contributed by atoms with van der Waals surface area (Å²) in [6.07, 6.45) is 4.36. The average molecular weight is 238 g/mol. The van der Waals surface area contributed by atoms with Crippen molar-refractivity contribution < 1.29 is 8.78 Å². The first-order chi connectivity index (χ1) is 8.25. The fraction of sp³-hybridized carbons (Fsp3) is 0.462. The second-order valence-corrected chi connectivity index (χ2v) is 4.23. The van der Waals surface area contributed by atoms with E-state index in [2.05, 4.69) is 10.3 Å². The fourth-order valence-corrected chi connectivity index (χ4v) is 1.88. The Morgan fingerprint density at radius 2 is 2.06 bits per heavy atom. The van der Waals surface area contributed by atoms with E-state index < -0.39 is 11.6 Å². The summed E-state index contributed by atoms with van der Waals surface area (Å²) in [5, 5.41) is 3.13. The minimum atomic E-state index is -0.543. The van der Waals surface area contributed by atoms with Crippen LogP contribution in [0.2, 0.25) is 0 Å². The third-order valence-corrected chi connectivity index (χ3v) is 2.87. The number of halogens is 2. The first kappa shape index (κ1) is 12.0. The van der Waals surface area contributed by atoms with Gasteiger partial charge in [-0.15, -0.1) is 0 Å². The molecule has 0 fully saturated rings. The van der Waals surface area contributed by atoms with Crippen LogP contribution in [0.15, 0.2) is 23.2 Å². The van der Waals surface area contributed by atoms with Crippen LogP contribution >= 0.6 is 0 Å². The largest absolute Gasteiger partial charge is 0.370 e. The zero-order chi connectivity index (χ0) is 12.1. The van der Waals surface area contributed by atoms with Gasteiger partial charge in [0.1, 0.15) is 11.6 Å². The molecule has 92 valence electrons. The highest BCUT2D eigenvalue weighted by atomic mass is 19.1. The Labute approximate surface area is 99.8 Å². The van der Waals surface area contributed by atoms with Gasteiger partial charge in [0, 0.05) is 31.1 Å². The predicted octanol–water partition coefficient (Wildman–Crippen LogP) is 3.03. The summed E-state index contributed by atoms with van der Waals surface area (Å²) in [6.45, 7) is 1.21. The number of hydrogen-bond acceptors (Lipinski definition) is 2. The lowest BCUT2D eigenvalue weighted by molar-refractivity contribution is 0.569. The predicted molar refractivity (Wildman–Crippen MR) is 64.0 cm³/mol. The molecule has 1 heterocycles. The Kier molecular flexibility index (Phi) is 4.07. The Balaban J connectivity index is 1.94. The summed E-state index contributed by atoms with van der Waals surface area (Å²) in [7, 11) is 0. The second kappa shape index (κ2) is 5.75. The molecule has 0 aromatic heterocycles. The number of aliphatic imine (C=N–C) groups is 1. The number of amidine groups is 1. The van der Waals surface area contributed by atoms with E-state index in [0.29, 0.717) is 12.1 Å². The van der Waals surface area contributed by atoms with E-state index in [-0.39, 0.29) is 0 Å². The summed E-state index contributed by atoms with van der Waals surface area (Å²) >= 11 is 0. The van der Waals surface area contributed by atoms with Crippen molar-refractivity contribution >= 4 is 5.84 Å². The lowest BCUT2D eigenvalue weighted by Gasteiger charge is -2.09. The Morgan fingerprint density at radius 1 is 1.18 bits per heavy atom. The van der Waals surface area contributed by atoms with Crippen molar-refractivity contribution in [2.45, 2.75) is 32.2 Å². The maximum atomic E-state index is 13.4. The van der Waals surface area contributed by atoms with Crippen LogP contribution in [-0.4, -0.2) is 12.4 Å². The van der Waals surface area contributed by atoms with Crippen LogP contribution in [0.3, 0.4) is 0 Å². The topological polar surface area (TPSA) is 24.4 Å². The summed E-state index contributed by atoms with van der Waals surface area (Å²) in [4.78, 5) is 4.39. The van der Waals surface area contributed by atoms with E-state index in [1.165, 1.54) is 18.6 Å². The molecule has 1 N–H and O–H groups in total. The van der Waals surface area contributed by atoms with Crippen molar-refractivity contribution in [3.05, 3.63) is 35.4 Å². The Bertz CT molecular complexity index is 416. The van der Waals surface area contributed by atoms with Crippen molar-refractivity contribution in [1.82, 2.24) is 5.32 Å². The number of hydrogen-bond donors (Lipinski definition) is 1. The molecule has 1 aromatic carbocycles. The maximum absolute atomic E-state index is 13.4. The lowest BCUT2D eigenvalue weighted by atomic mass is 10.2. The average Bonchev–Trinajstić information content (AvgIpc) is 2.56. The first-order valence-corrected chi connectivity index (χ1v) is 5.97. The van der Waals surface area contributed by atoms with Crippen molar-refractivity contribution in [3.63, 3.8) is 0 Å². The SMILES string of the molecule is Fc1ccc(CNC2=NCCCCC2)c(F)c1. The molecule has 2 rings (SSSR count). The summed E-state index contributed by atoms with van der Waals surface area (Å²) < 4.78 is 26.1. The quantitative estimate of drug-likeness (QED) is 0.841. The molecule has 1 aliphatic rings. The maximum Gasteiger partial charge on any atom is 0.131 e. The molecule has 0 unspecified atom stereocenters. The molecule has 1 aliphatic heterocycles. The molecule has 0 saturated heterocycles. The van der Waals surface area contributed by atoms with Gasteiger partial charge in [-0.2, -0.15) is 0 Å². The van der Waals surface area contributed by atoms with Crippen LogP contribution in [0.25, 0.3) is 0 Å². The van der Waals surface area contributed by atoms with Gasteiger partial charge in [0.15, 0.2) is 0 Å². The van der Waals surface area contributed by atoms with Gasteiger partial charge in [-0.05, 0) is 18.9 Å². The second-order valence-electron chi connectivity index (χ2n) is 4.23. The monoisotopic (exact) mass is 238 g/mol. The normalized spacial score (nSPS) is 16.2. The van der Waals surface area contributed by atoms with Gasteiger partial charge in [-0.3, -0.25) is 4.99 Å². The van der Waals surface area contributed by atoms with E-state index in [9.17, 15) is 8.78 Å². The molecule has 0 saturated carbocycles. The standard InChI is InChI=1S/C13H16F2N2/c14-11-6-5-10(12(15)8-11)9-17-13-4-2-1-3-7-16-13/h5-6,8H,1-4,7,9H2,(H,16,17). The number of nitrogens with one attached hydrogen (secondary N) is 1. The highest BCUT2D eigenvalue weighted by Gasteiger charge is 2.06. The zero-order valence-electron chi connectivity index (χ0n) is 9.68. The molecule has 17 heavy (non-hydrogen) atoms. The van der Waals surface area contributed by atoms with Crippen LogP contribution in [0, 0.1) is 11.6 Å². The third-order valence-electron chi connectivity index (χ3n) is 2.87. The van der Waals surface area contributed by atoms with Gasteiger partial charge < -0.3 is 5.32 Å². The van der Waals surface area contributed by atoms with E-state index in [4.69, 9.17) is 0 Å². The van der Waals surface area contributed by atoms with Crippen molar-refractivity contribution in [2.24, 2.45) is 4.99 Å². The minimum absolute atomic E-state index is 0.366. The molecule has 0 aliphatic carbocycles. The first-order valence-electron chi connectivity index (χ1n) is 5.97. The fourth-order valence-electron chi connectivity index (χ4n) is 1.88. The van der Waals surface area contributed by atoms with Crippen molar-refractivity contribution in [3.8, 4) is 0 Å². The highest BCUT2D eigenvalue weighted by molar-refractivity contribution is 5.82. The van der Waals surface area contributed by atoms with Crippen molar-refractivity contribution in [2.75, 3.05) is 6.54 Å². The Morgan fingerprint density at radius 3 is 2.88 bits per heavy atom. The van der Waals surface area contributed by atoms with E-state index in [1.807, 2.05) is 0 Å². The van der Waals surface area contributed by atoms with E-state index in [0.717, 1.165) is 37.7 Å². The van der Waals surface area contributed by atoms with Gasteiger partial charge >= 0.3 is 0 Å². The third kappa shape index (κ3) is 3.51. The molecule has 0 radical (unpaired) electrons. The molecule has 0 amide bonds. The summed E-state index contributed by atoms with van der Waals surface area (Å²) in [6, 6.07) is 3.65. The van der Waals surface area contributed by atoms with Crippen LogP contribution in [-0.2, 0) is 6.54 Å². The smallest absolute Gasteiger partial charge is 0.131 e. The molecule has 2 nitrogen and oxygen atoms in total. The minimum Gasteiger partial charge on any atom is -0.370 e. The molecular weight excluding hydrogens is 222 g/mol. The molecule has 0 bridgehead atoms. The molecule has 0 atom stereocenters. The van der Waals surface area contributed by atoms with Gasteiger partial charge in [0.25, 0.3) is 0 Å². The van der Waals surface area contributed by atoms with Crippen LogP contribution in [0.4, 0.5) is 8.78 Å². The zero-order valence-corrected chi connectivity index (χ0v) is 9.68. The van der Waals surface area contributed by atoms with Crippen molar-refractivity contribution in [1.29, 1.82) is 0 Å². The Hall–Kier alpha value is -1.45. The van der Waals surface area contributed by atoms with Gasteiger partial charge in [0.2, 0.25) is 0 Å². The molecule has 4 heteroatoms. The molecule has 1 aromatic rings. The molecule has 0 spiro atoms. The lowest BCUT2D eigenvalue weighted by Crippen LogP contribution is -2.23. The van der Waals surface area contributed by atoms with Crippen LogP contribution in [0.1, 0.15) is 31.2 Å². The van der Waals surface area contributed by atoms with Gasteiger partial charge in [0.05, 0.1) is 5.84 Å². The number of benzene rings is 1. The number of nitrogens with zero attached hydrogens (tertiary/aromatic N) is 1. The van der Waals surface area contributed by atoms with E-state index >= 15 is 0 Å². The van der Waals surface area contributed by atoms with Crippen LogP contribution < -0.4 is 5.32 Å². The van der Waals surface area contributed by atoms with Crippen LogP contribution in [0.5, 0.6) is 0 Å². The molecular formula is C13H16F2N2.